The summed E-state index contributed by atoms with van der Waals surface area (Å²) in [6, 6.07) is 10.6. The van der Waals surface area contributed by atoms with Gasteiger partial charge in [-0.05, 0) is 55.8 Å². The number of nitrogens with zero attached hydrogens (tertiary/aromatic N) is 3. The second-order valence-electron chi connectivity index (χ2n) is 8.08. The van der Waals surface area contributed by atoms with E-state index in [4.69, 9.17) is 0 Å². The number of aliphatic imine (C=N–C) groups is 1. The van der Waals surface area contributed by atoms with Crippen LogP contribution in [-0.2, 0) is 11.0 Å². The summed E-state index contributed by atoms with van der Waals surface area (Å²) in [7, 11) is 0. The zero-order valence-corrected chi connectivity index (χ0v) is 18.7. The zero-order chi connectivity index (χ0) is 24.5. The summed E-state index contributed by atoms with van der Waals surface area (Å²) in [6.07, 6.45) is 1.03. The van der Waals surface area contributed by atoms with Crippen LogP contribution in [0.2, 0.25) is 0 Å². The Bertz CT molecular complexity index is 1350. The minimum absolute atomic E-state index is 0.0891. The Morgan fingerprint density at radius 3 is 2.47 bits per heavy atom. The molecule has 0 aliphatic carbocycles. The number of carbonyl (C=O) groups excluding carboxylic acids is 1. The fraction of sp³-hybridized carbons (Fsp3) is 0.208. The molecule has 0 atom stereocenters. The Labute approximate surface area is 193 Å². The molecule has 0 saturated carbocycles. The first kappa shape index (κ1) is 23.1. The Kier molecular flexibility index (Phi) is 6.14. The number of aromatic nitrogens is 3. The van der Waals surface area contributed by atoms with Crippen molar-refractivity contribution < 1.29 is 18.0 Å². The van der Waals surface area contributed by atoms with Gasteiger partial charge in [0.05, 0.1) is 17.4 Å². The average molecular weight is 468 g/mol. The van der Waals surface area contributed by atoms with Crippen molar-refractivity contribution in [3.05, 3.63) is 66.6 Å². The number of hydrogen-bond acceptors (Lipinski definition) is 3. The second kappa shape index (κ2) is 9.05. The molecule has 0 saturated heterocycles. The molecule has 0 aliphatic heterocycles. The Morgan fingerprint density at radius 2 is 1.85 bits per heavy atom. The van der Waals surface area contributed by atoms with E-state index < -0.39 is 11.7 Å². The number of rotatable bonds is 4. The maximum Gasteiger partial charge on any atom is 0.416 e. The molecule has 10 heteroatoms. The van der Waals surface area contributed by atoms with Crippen LogP contribution in [0.3, 0.4) is 0 Å². The molecule has 0 bridgehead atoms. The molecule has 0 unspecified atom stereocenters. The van der Waals surface area contributed by atoms with E-state index in [1.807, 2.05) is 42.9 Å². The Balaban J connectivity index is 1.67. The topological polar surface area (TPSA) is 87.1 Å². The SMILES string of the molecule is CC(=O)NC(=Nc1c[nH]c2ccc(-c3cnn(C(C)C)c3)cc12)Nc1ccc(C(F)(F)F)cc1. The van der Waals surface area contributed by atoms with Crippen molar-refractivity contribution in [1.29, 1.82) is 0 Å². The Hall–Kier alpha value is -4.08. The summed E-state index contributed by atoms with van der Waals surface area (Å²) in [4.78, 5) is 19.4. The molecular weight excluding hydrogens is 445 g/mol. The number of guanidine groups is 1. The van der Waals surface area contributed by atoms with Gasteiger partial charge in [-0.1, -0.05) is 6.07 Å². The van der Waals surface area contributed by atoms with E-state index in [2.05, 4.69) is 25.7 Å². The molecule has 34 heavy (non-hydrogen) atoms. The third kappa shape index (κ3) is 5.11. The van der Waals surface area contributed by atoms with Gasteiger partial charge in [-0.15, -0.1) is 0 Å². The first-order valence-corrected chi connectivity index (χ1v) is 10.6. The van der Waals surface area contributed by atoms with Crippen LogP contribution in [0.1, 0.15) is 32.4 Å². The van der Waals surface area contributed by atoms with E-state index in [9.17, 15) is 18.0 Å². The highest BCUT2D eigenvalue weighted by Crippen LogP contribution is 2.32. The minimum atomic E-state index is -4.43. The summed E-state index contributed by atoms with van der Waals surface area (Å²) in [6.45, 7) is 5.42. The first-order chi connectivity index (χ1) is 16.1. The summed E-state index contributed by atoms with van der Waals surface area (Å²) in [5.41, 5.74) is 2.89. The molecule has 3 N–H and O–H groups in total. The first-order valence-electron chi connectivity index (χ1n) is 10.6. The summed E-state index contributed by atoms with van der Waals surface area (Å²) >= 11 is 0. The highest BCUT2D eigenvalue weighted by atomic mass is 19.4. The second-order valence-corrected chi connectivity index (χ2v) is 8.08. The molecular formula is C24H23F3N6O. The number of alkyl halides is 3. The average Bonchev–Trinajstić information content (AvgIpc) is 3.40. The summed E-state index contributed by atoms with van der Waals surface area (Å²) in [5.74, 6) is -0.286. The van der Waals surface area contributed by atoms with Crippen LogP contribution in [0, 0.1) is 0 Å². The zero-order valence-electron chi connectivity index (χ0n) is 18.7. The van der Waals surface area contributed by atoms with Crippen LogP contribution in [0.25, 0.3) is 22.0 Å². The smallest absolute Gasteiger partial charge is 0.359 e. The van der Waals surface area contributed by atoms with Crippen molar-refractivity contribution in [2.75, 3.05) is 5.32 Å². The predicted octanol–water partition coefficient (Wildman–Crippen LogP) is 5.87. The molecule has 1 amide bonds. The number of hydrogen-bond donors (Lipinski definition) is 3. The van der Waals surface area contributed by atoms with Crippen molar-refractivity contribution >= 4 is 34.1 Å². The van der Waals surface area contributed by atoms with Gasteiger partial charge in [0.25, 0.3) is 0 Å². The molecule has 4 rings (SSSR count). The van der Waals surface area contributed by atoms with E-state index in [0.717, 1.165) is 34.2 Å². The third-order valence-electron chi connectivity index (χ3n) is 5.13. The molecule has 0 aliphatic rings. The lowest BCUT2D eigenvalue weighted by molar-refractivity contribution is -0.137. The Morgan fingerprint density at radius 1 is 1.12 bits per heavy atom. The fourth-order valence-corrected chi connectivity index (χ4v) is 3.40. The summed E-state index contributed by atoms with van der Waals surface area (Å²) < 4.78 is 40.4. The van der Waals surface area contributed by atoms with E-state index in [0.29, 0.717) is 11.4 Å². The standard InChI is InChI=1S/C24H23F3N6O/c1-14(2)33-13-17(11-29-33)16-4-9-21-20(10-16)22(12-28-21)32-23(30-15(3)34)31-19-7-5-18(6-8-19)24(25,26)27/h4-14,28H,1-3H3,(H2,30,31,32,34). The summed E-state index contributed by atoms with van der Waals surface area (Å²) in [5, 5.41) is 10.7. The van der Waals surface area contributed by atoms with Crippen LogP contribution < -0.4 is 10.6 Å². The van der Waals surface area contributed by atoms with Crippen LogP contribution in [0.4, 0.5) is 24.5 Å². The maximum absolute atomic E-state index is 12.8. The van der Waals surface area contributed by atoms with E-state index in [1.54, 1.807) is 12.4 Å². The van der Waals surface area contributed by atoms with Crippen LogP contribution in [0.15, 0.2) is 66.0 Å². The highest BCUT2D eigenvalue weighted by molar-refractivity contribution is 6.06. The molecule has 2 aromatic carbocycles. The number of nitrogens with one attached hydrogen (secondary N) is 3. The van der Waals surface area contributed by atoms with Crippen molar-refractivity contribution in [3.8, 4) is 11.1 Å². The third-order valence-corrected chi connectivity index (χ3v) is 5.13. The molecule has 176 valence electrons. The van der Waals surface area contributed by atoms with E-state index in [-0.39, 0.29) is 17.9 Å². The quantitative estimate of drug-likeness (QED) is 0.259. The number of anilines is 1. The largest absolute Gasteiger partial charge is 0.416 e. The van der Waals surface area contributed by atoms with Gasteiger partial charge in [0, 0.05) is 47.5 Å². The van der Waals surface area contributed by atoms with Crippen molar-refractivity contribution in [1.82, 2.24) is 20.1 Å². The van der Waals surface area contributed by atoms with Gasteiger partial charge >= 0.3 is 6.18 Å². The van der Waals surface area contributed by atoms with Gasteiger partial charge in [-0.3, -0.25) is 14.8 Å². The van der Waals surface area contributed by atoms with Crippen LogP contribution >= 0.6 is 0 Å². The van der Waals surface area contributed by atoms with Gasteiger partial charge in [-0.25, -0.2) is 4.99 Å². The number of aromatic amines is 1. The monoisotopic (exact) mass is 468 g/mol. The van der Waals surface area contributed by atoms with E-state index in [1.165, 1.54) is 19.1 Å². The number of H-pyrrole nitrogens is 1. The van der Waals surface area contributed by atoms with E-state index >= 15 is 0 Å². The van der Waals surface area contributed by atoms with Crippen molar-refractivity contribution in [2.24, 2.45) is 4.99 Å². The molecule has 7 nitrogen and oxygen atoms in total. The lowest BCUT2D eigenvalue weighted by atomic mass is 10.1. The lowest BCUT2D eigenvalue weighted by Crippen LogP contribution is -2.34. The van der Waals surface area contributed by atoms with Crippen LogP contribution in [0.5, 0.6) is 0 Å². The number of amides is 1. The van der Waals surface area contributed by atoms with Gasteiger partial charge in [0.2, 0.25) is 11.9 Å². The molecule has 0 spiro atoms. The normalized spacial score (nSPS) is 12.4. The molecule has 0 fully saturated rings. The number of carbonyl (C=O) groups is 1. The van der Waals surface area contributed by atoms with Gasteiger partial charge < -0.3 is 10.3 Å². The van der Waals surface area contributed by atoms with Gasteiger partial charge in [-0.2, -0.15) is 18.3 Å². The predicted molar refractivity (Wildman–Crippen MR) is 126 cm³/mol. The molecule has 2 heterocycles. The fourth-order valence-electron chi connectivity index (χ4n) is 3.40. The van der Waals surface area contributed by atoms with Crippen molar-refractivity contribution in [3.63, 3.8) is 0 Å². The van der Waals surface area contributed by atoms with Crippen LogP contribution in [-0.4, -0.2) is 26.6 Å². The maximum atomic E-state index is 12.8. The lowest BCUT2D eigenvalue weighted by Gasteiger charge is -2.12. The molecule has 0 radical (unpaired) electrons. The highest BCUT2D eigenvalue weighted by Gasteiger charge is 2.30. The van der Waals surface area contributed by atoms with Gasteiger partial charge in [0.15, 0.2) is 0 Å². The molecule has 2 aromatic heterocycles. The minimum Gasteiger partial charge on any atom is -0.359 e. The number of halogens is 3. The number of fused-ring (bicyclic) bond motifs is 1. The van der Waals surface area contributed by atoms with Gasteiger partial charge in [0.1, 0.15) is 0 Å². The molecule has 4 aromatic rings. The van der Waals surface area contributed by atoms with Crippen molar-refractivity contribution in [2.45, 2.75) is 33.0 Å². The number of benzene rings is 2.